The van der Waals surface area contributed by atoms with Crippen LogP contribution in [0.25, 0.3) is 11.5 Å². The molecule has 0 saturated carbocycles. The maximum atomic E-state index is 13.0. The minimum absolute atomic E-state index is 0.279. The van der Waals surface area contributed by atoms with Crippen LogP contribution in [-0.2, 0) is 6.54 Å². The molecular formula is C17H18FN5O. The summed E-state index contributed by atoms with van der Waals surface area (Å²) in [6.45, 7) is 2.63. The van der Waals surface area contributed by atoms with Crippen LogP contribution in [0, 0.1) is 5.82 Å². The van der Waals surface area contributed by atoms with Gasteiger partial charge >= 0.3 is 0 Å². The summed E-state index contributed by atoms with van der Waals surface area (Å²) in [5.41, 5.74) is 2.01. The summed E-state index contributed by atoms with van der Waals surface area (Å²) in [7, 11) is 0. The summed E-state index contributed by atoms with van der Waals surface area (Å²) < 4.78 is 18.7. The van der Waals surface area contributed by atoms with Gasteiger partial charge in [-0.05, 0) is 61.7 Å². The second kappa shape index (κ2) is 6.52. The molecule has 0 atom stereocenters. The molecule has 1 fully saturated rings. The van der Waals surface area contributed by atoms with Crippen LogP contribution in [0.15, 0.2) is 41.1 Å². The van der Waals surface area contributed by atoms with Crippen LogP contribution >= 0.6 is 0 Å². The number of likely N-dealkylation sites (tertiary alicyclic amines) is 1. The second-order valence-electron chi connectivity index (χ2n) is 6.09. The van der Waals surface area contributed by atoms with Crippen molar-refractivity contribution in [3.05, 3.63) is 53.9 Å². The van der Waals surface area contributed by atoms with Crippen LogP contribution in [0.3, 0.4) is 0 Å². The van der Waals surface area contributed by atoms with Gasteiger partial charge in [-0.2, -0.15) is 5.10 Å². The number of aromatic nitrogens is 4. The van der Waals surface area contributed by atoms with E-state index in [0.717, 1.165) is 31.5 Å². The molecule has 0 amide bonds. The molecule has 0 bridgehead atoms. The minimum atomic E-state index is -0.279. The first-order valence-corrected chi connectivity index (χ1v) is 8.07. The number of aromatic amines is 1. The van der Waals surface area contributed by atoms with Gasteiger partial charge in [-0.25, -0.2) is 4.39 Å². The molecule has 1 aliphatic heterocycles. The van der Waals surface area contributed by atoms with Gasteiger partial charge in [0, 0.05) is 11.8 Å². The third kappa shape index (κ3) is 3.21. The molecule has 3 heterocycles. The first-order chi connectivity index (χ1) is 11.8. The third-order valence-corrected chi connectivity index (χ3v) is 4.50. The van der Waals surface area contributed by atoms with E-state index in [4.69, 9.17) is 4.42 Å². The lowest BCUT2D eigenvalue weighted by molar-refractivity contribution is 0.188. The molecule has 1 N–H and O–H groups in total. The molecule has 2 aromatic heterocycles. The number of nitrogens with one attached hydrogen (secondary N) is 1. The number of hydrogen-bond acceptors (Lipinski definition) is 5. The van der Waals surface area contributed by atoms with Crippen molar-refractivity contribution in [2.75, 3.05) is 13.1 Å². The van der Waals surface area contributed by atoms with Gasteiger partial charge in [0.15, 0.2) is 0 Å². The maximum absolute atomic E-state index is 13.0. The summed E-state index contributed by atoms with van der Waals surface area (Å²) in [6.07, 6.45) is 6.08. The predicted molar refractivity (Wildman–Crippen MR) is 85.5 cm³/mol. The zero-order valence-corrected chi connectivity index (χ0v) is 13.2. The van der Waals surface area contributed by atoms with E-state index in [-0.39, 0.29) is 5.82 Å². The SMILES string of the molecule is Fc1ccc(-c2nnc(CN3CCC(c4cn[nH]c4)CC3)o2)cc1. The van der Waals surface area contributed by atoms with Crippen LogP contribution < -0.4 is 0 Å². The van der Waals surface area contributed by atoms with Crippen molar-refractivity contribution in [1.82, 2.24) is 25.3 Å². The maximum Gasteiger partial charge on any atom is 0.247 e. The van der Waals surface area contributed by atoms with Gasteiger partial charge in [0.2, 0.25) is 11.8 Å². The van der Waals surface area contributed by atoms with E-state index < -0.39 is 0 Å². The summed E-state index contributed by atoms with van der Waals surface area (Å²) in [5.74, 6) is 1.31. The molecule has 4 rings (SSSR count). The number of nitrogens with zero attached hydrogens (tertiary/aromatic N) is 4. The number of halogens is 1. The Morgan fingerprint density at radius 3 is 2.67 bits per heavy atom. The molecule has 24 heavy (non-hydrogen) atoms. The van der Waals surface area contributed by atoms with Crippen molar-refractivity contribution in [3.8, 4) is 11.5 Å². The van der Waals surface area contributed by atoms with E-state index in [1.807, 2.05) is 12.4 Å². The van der Waals surface area contributed by atoms with Gasteiger partial charge in [0.05, 0.1) is 12.7 Å². The molecule has 1 aromatic carbocycles. The first-order valence-electron chi connectivity index (χ1n) is 8.07. The number of H-pyrrole nitrogens is 1. The van der Waals surface area contributed by atoms with E-state index in [2.05, 4.69) is 25.3 Å². The highest BCUT2D eigenvalue weighted by Gasteiger charge is 2.22. The van der Waals surface area contributed by atoms with E-state index in [1.54, 1.807) is 12.1 Å². The fourth-order valence-electron chi connectivity index (χ4n) is 3.13. The van der Waals surface area contributed by atoms with Crippen LogP contribution in [0.4, 0.5) is 4.39 Å². The second-order valence-corrected chi connectivity index (χ2v) is 6.09. The molecule has 124 valence electrons. The lowest BCUT2D eigenvalue weighted by Crippen LogP contribution is -2.32. The molecule has 0 radical (unpaired) electrons. The van der Waals surface area contributed by atoms with Crippen LogP contribution in [0.1, 0.15) is 30.2 Å². The van der Waals surface area contributed by atoms with Crippen molar-refractivity contribution in [1.29, 1.82) is 0 Å². The number of benzene rings is 1. The number of hydrogen-bond donors (Lipinski definition) is 1. The first kappa shape index (κ1) is 15.0. The Hall–Kier alpha value is -2.54. The van der Waals surface area contributed by atoms with E-state index >= 15 is 0 Å². The molecule has 0 aliphatic carbocycles. The highest BCUT2D eigenvalue weighted by molar-refractivity contribution is 5.51. The van der Waals surface area contributed by atoms with Crippen LogP contribution in [0.5, 0.6) is 0 Å². The van der Waals surface area contributed by atoms with Gasteiger partial charge in [-0.3, -0.25) is 10.00 Å². The largest absolute Gasteiger partial charge is 0.419 e. The Morgan fingerprint density at radius 2 is 1.96 bits per heavy atom. The quantitative estimate of drug-likeness (QED) is 0.798. The van der Waals surface area contributed by atoms with Crippen molar-refractivity contribution < 1.29 is 8.81 Å². The highest BCUT2D eigenvalue weighted by Crippen LogP contribution is 2.28. The van der Waals surface area contributed by atoms with E-state index in [9.17, 15) is 4.39 Å². The Balaban J connectivity index is 1.36. The topological polar surface area (TPSA) is 70.8 Å². The zero-order chi connectivity index (χ0) is 16.4. The lowest BCUT2D eigenvalue weighted by Gasteiger charge is -2.30. The van der Waals surface area contributed by atoms with Crippen LogP contribution in [0.2, 0.25) is 0 Å². The summed E-state index contributed by atoms with van der Waals surface area (Å²) in [4.78, 5) is 2.32. The molecule has 6 nitrogen and oxygen atoms in total. The summed E-state index contributed by atoms with van der Waals surface area (Å²) >= 11 is 0. The van der Waals surface area contributed by atoms with Gasteiger partial charge < -0.3 is 4.42 Å². The van der Waals surface area contributed by atoms with Gasteiger partial charge in [0.1, 0.15) is 5.82 Å². The predicted octanol–water partition coefficient (Wildman–Crippen LogP) is 2.98. The molecule has 7 heteroatoms. The molecular weight excluding hydrogens is 309 g/mol. The molecule has 3 aromatic rings. The number of piperidine rings is 1. The standard InChI is InChI=1S/C17H18FN5O/c18-15-3-1-13(2-4-15)17-22-21-16(24-17)11-23-7-5-12(6-8-23)14-9-19-20-10-14/h1-4,9-10,12H,5-8,11H2,(H,19,20). The lowest BCUT2D eigenvalue weighted by atomic mass is 9.92. The van der Waals surface area contributed by atoms with Gasteiger partial charge in [0.25, 0.3) is 0 Å². The molecule has 1 saturated heterocycles. The van der Waals surface area contributed by atoms with E-state index in [0.29, 0.717) is 24.2 Å². The molecule has 1 aliphatic rings. The van der Waals surface area contributed by atoms with Gasteiger partial charge in [-0.15, -0.1) is 10.2 Å². The van der Waals surface area contributed by atoms with Crippen molar-refractivity contribution in [3.63, 3.8) is 0 Å². The van der Waals surface area contributed by atoms with Crippen LogP contribution in [-0.4, -0.2) is 38.4 Å². The average Bonchev–Trinajstić information content (AvgIpc) is 3.28. The highest BCUT2D eigenvalue weighted by atomic mass is 19.1. The third-order valence-electron chi connectivity index (χ3n) is 4.50. The fraction of sp³-hybridized carbons (Fsp3) is 0.353. The molecule has 0 spiro atoms. The fourth-order valence-corrected chi connectivity index (χ4v) is 3.13. The Bertz CT molecular complexity index is 776. The Labute approximate surface area is 138 Å². The smallest absolute Gasteiger partial charge is 0.247 e. The van der Waals surface area contributed by atoms with Gasteiger partial charge in [-0.1, -0.05) is 0 Å². The summed E-state index contributed by atoms with van der Waals surface area (Å²) in [5, 5.41) is 15.1. The Kier molecular flexibility index (Phi) is 4.08. The van der Waals surface area contributed by atoms with Crippen molar-refractivity contribution in [2.24, 2.45) is 0 Å². The average molecular weight is 327 g/mol. The minimum Gasteiger partial charge on any atom is -0.419 e. The van der Waals surface area contributed by atoms with Crippen molar-refractivity contribution >= 4 is 0 Å². The summed E-state index contributed by atoms with van der Waals surface area (Å²) in [6, 6.07) is 6.06. The normalized spacial score (nSPS) is 16.5. The van der Waals surface area contributed by atoms with E-state index in [1.165, 1.54) is 17.7 Å². The number of rotatable bonds is 4. The molecule has 0 unspecified atom stereocenters. The monoisotopic (exact) mass is 327 g/mol. The van der Waals surface area contributed by atoms with Crippen molar-refractivity contribution in [2.45, 2.75) is 25.3 Å². The zero-order valence-electron chi connectivity index (χ0n) is 13.2. The Morgan fingerprint density at radius 1 is 1.17 bits per heavy atom.